The number of hydrogen-bond acceptors (Lipinski definition) is 1. The summed E-state index contributed by atoms with van der Waals surface area (Å²) < 4.78 is 6.30. The summed E-state index contributed by atoms with van der Waals surface area (Å²) in [4.78, 5) is 0. The van der Waals surface area contributed by atoms with Crippen LogP contribution in [0.4, 0.5) is 0 Å². The fraction of sp³-hybridized carbons (Fsp3) is 1.00. The first-order valence-corrected chi connectivity index (χ1v) is 13.8. The summed E-state index contributed by atoms with van der Waals surface area (Å²) in [6, 6.07) is 4.28. The SMILES string of the molecule is CCCCCCC[Si](CCCCCCC)(CCCCCCC)OC. The van der Waals surface area contributed by atoms with E-state index in [-0.39, 0.29) is 0 Å². The van der Waals surface area contributed by atoms with Gasteiger partial charge < -0.3 is 4.43 Å². The van der Waals surface area contributed by atoms with Crippen LogP contribution in [0.5, 0.6) is 0 Å². The number of hydrogen-bond donors (Lipinski definition) is 0. The molecule has 146 valence electrons. The van der Waals surface area contributed by atoms with E-state index in [1.54, 1.807) is 0 Å². The lowest BCUT2D eigenvalue weighted by Crippen LogP contribution is -2.36. The van der Waals surface area contributed by atoms with Gasteiger partial charge in [-0.1, -0.05) is 117 Å². The molecule has 0 aliphatic heterocycles. The zero-order chi connectivity index (χ0) is 17.9. The van der Waals surface area contributed by atoms with E-state index < -0.39 is 8.32 Å². The highest BCUT2D eigenvalue weighted by atomic mass is 28.4. The molecule has 0 unspecified atom stereocenters. The average Bonchev–Trinajstić information content (AvgIpc) is 2.60. The minimum atomic E-state index is -1.45. The van der Waals surface area contributed by atoms with Gasteiger partial charge in [-0.3, -0.25) is 0 Å². The molecule has 0 fully saturated rings. The third kappa shape index (κ3) is 13.5. The Labute approximate surface area is 155 Å². The standard InChI is InChI=1S/C22H48OSi/c1-5-8-11-14-17-20-24(23-4,21-18-15-12-9-6-2)22-19-16-13-10-7-3/h5-22H2,1-4H3. The minimum absolute atomic E-state index is 1.35. The van der Waals surface area contributed by atoms with Crippen molar-refractivity contribution in [2.24, 2.45) is 0 Å². The predicted molar refractivity (Wildman–Crippen MR) is 113 cm³/mol. The summed E-state index contributed by atoms with van der Waals surface area (Å²) in [5.41, 5.74) is 0. The molecular weight excluding hydrogens is 308 g/mol. The Morgan fingerprint density at radius 1 is 0.458 bits per heavy atom. The van der Waals surface area contributed by atoms with Gasteiger partial charge in [-0.25, -0.2) is 0 Å². The molecule has 0 aromatic heterocycles. The Morgan fingerprint density at radius 2 is 0.750 bits per heavy atom. The van der Waals surface area contributed by atoms with Crippen molar-refractivity contribution >= 4 is 8.32 Å². The smallest absolute Gasteiger partial charge is 0.192 e. The van der Waals surface area contributed by atoms with Crippen molar-refractivity contribution in [2.45, 2.75) is 135 Å². The van der Waals surface area contributed by atoms with E-state index in [0.29, 0.717) is 0 Å². The fourth-order valence-electron chi connectivity index (χ4n) is 3.83. The van der Waals surface area contributed by atoms with Gasteiger partial charge in [0.15, 0.2) is 8.32 Å². The quantitative estimate of drug-likeness (QED) is 0.166. The highest BCUT2D eigenvalue weighted by Crippen LogP contribution is 2.30. The van der Waals surface area contributed by atoms with Gasteiger partial charge in [0.1, 0.15) is 0 Å². The Kier molecular flexibility index (Phi) is 18.1. The maximum Gasteiger partial charge on any atom is 0.192 e. The lowest BCUT2D eigenvalue weighted by molar-refractivity contribution is 0.380. The maximum atomic E-state index is 6.30. The van der Waals surface area contributed by atoms with Gasteiger partial charge in [-0.15, -0.1) is 0 Å². The molecule has 1 nitrogen and oxygen atoms in total. The van der Waals surface area contributed by atoms with Crippen LogP contribution in [-0.4, -0.2) is 15.4 Å². The molecule has 0 atom stereocenters. The van der Waals surface area contributed by atoms with Gasteiger partial charge >= 0.3 is 0 Å². The predicted octanol–water partition coefficient (Wildman–Crippen LogP) is 8.49. The molecular formula is C22H48OSi. The second kappa shape index (κ2) is 18.0. The van der Waals surface area contributed by atoms with Crippen molar-refractivity contribution in [2.75, 3.05) is 7.11 Å². The van der Waals surface area contributed by atoms with Gasteiger partial charge in [0.05, 0.1) is 0 Å². The van der Waals surface area contributed by atoms with Crippen LogP contribution in [0.15, 0.2) is 0 Å². The summed E-state index contributed by atoms with van der Waals surface area (Å²) in [5.74, 6) is 0. The molecule has 0 saturated carbocycles. The Hall–Kier alpha value is 0.177. The lowest BCUT2D eigenvalue weighted by atomic mass is 10.2. The number of unbranched alkanes of at least 4 members (excludes halogenated alkanes) is 12. The monoisotopic (exact) mass is 356 g/mol. The van der Waals surface area contributed by atoms with Crippen molar-refractivity contribution in [3.05, 3.63) is 0 Å². The van der Waals surface area contributed by atoms with Crippen LogP contribution in [0.3, 0.4) is 0 Å². The first-order chi connectivity index (χ1) is 11.7. The summed E-state index contributed by atoms with van der Waals surface area (Å²) >= 11 is 0. The molecule has 0 heterocycles. The topological polar surface area (TPSA) is 9.23 Å². The molecule has 0 bridgehead atoms. The van der Waals surface area contributed by atoms with Crippen LogP contribution < -0.4 is 0 Å². The summed E-state index contributed by atoms with van der Waals surface area (Å²) in [6.07, 6.45) is 21.1. The molecule has 0 aliphatic carbocycles. The van der Waals surface area contributed by atoms with Crippen molar-refractivity contribution < 1.29 is 4.43 Å². The number of rotatable bonds is 19. The third-order valence-electron chi connectivity index (χ3n) is 5.64. The van der Waals surface area contributed by atoms with Gasteiger partial charge in [-0.2, -0.15) is 0 Å². The molecule has 0 aliphatic rings. The first-order valence-electron chi connectivity index (χ1n) is 11.3. The molecule has 0 N–H and O–H groups in total. The molecule has 0 rings (SSSR count). The Balaban J connectivity index is 4.23. The van der Waals surface area contributed by atoms with Gasteiger partial charge in [0.25, 0.3) is 0 Å². The molecule has 0 spiro atoms. The molecule has 0 radical (unpaired) electrons. The highest BCUT2D eigenvalue weighted by molar-refractivity contribution is 6.73. The van der Waals surface area contributed by atoms with Crippen LogP contribution in [-0.2, 0) is 4.43 Å². The molecule has 0 aromatic rings. The molecule has 0 amide bonds. The normalized spacial score (nSPS) is 12.0. The Morgan fingerprint density at radius 3 is 1.00 bits per heavy atom. The zero-order valence-corrected chi connectivity index (χ0v) is 18.6. The van der Waals surface area contributed by atoms with E-state index in [4.69, 9.17) is 4.43 Å². The summed E-state index contributed by atoms with van der Waals surface area (Å²) in [6.45, 7) is 6.92. The van der Waals surface area contributed by atoms with Gasteiger partial charge in [-0.05, 0) is 18.1 Å². The third-order valence-corrected chi connectivity index (χ3v) is 10.3. The summed E-state index contributed by atoms with van der Waals surface area (Å²) in [5, 5.41) is 0. The van der Waals surface area contributed by atoms with Crippen LogP contribution in [0.1, 0.15) is 117 Å². The van der Waals surface area contributed by atoms with E-state index in [2.05, 4.69) is 20.8 Å². The van der Waals surface area contributed by atoms with Crippen LogP contribution >= 0.6 is 0 Å². The summed E-state index contributed by atoms with van der Waals surface area (Å²) in [7, 11) is 0.588. The van der Waals surface area contributed by atoms with Gasteiger partial charge in [0, 0.05) is 7.11 Å². The van der Waals surface area contributed by atoms with Crippen molar-refractivity contribution in [3.63, 3.8) is 0 Å². The second-order valence-electron chi connectivity index (χ2n) is 7.88. The zero-order valence-electron chi connectivity index (χ0n) is 17.6. The van der Waals surface area contributed by atoms with E-state index >= 15 is 0 Å². The van der Waals surface area contributed by atoms with Crippen LogP contribution in [0, 0.1) is 0 Å². The van der Waals surface area contributed by atoms with E-state index in [1.165, 1.54) is 114 Å². The van der Waals surface area contributed by atoms with Crippen LogP contribution in [0.2, 0.25) is 18.1 Å². The lowest BCUT2D eigenvalue weighted by Gasteiger charge is -2.30. The van der Waals surface area contributed by atoms with Crippen molar-refractivity contribution in [3.8, 4) is 0 Å². The highest BCUT2D eigenvalue weighted by Gasteiger charge is 2.31. The molecule has 2 heteroatoms. The molecule has 24 heavy (non-hydrogen) atoms. The van der Waals surface area contributed by atoms with Gasteiger partial charge in [0.2, 0.25) is 0 Å². The largest absolute Gasteiger partial charge is 0.420 e. The Bertz CT molecular complexity index is 206. The van der Waals surface area contributed by atoms with Crippen molar-refractivity contribution in [1.29, 1.82) is 0 Å². The second-order valence-corrected chi connectivity index (χ2v) is 12.2. The molecule has 0 saturated heterocycles. The van der Waals surface area contributed by atoms with Crippen LogP contribution in [0.25, 0.3) is 0 Å². The minimum Gasteiger partial charge on any atom is -0.420 e. The van der Waals surface area contributed by atoms with Crippen molar-refractivity contribution in [1.82, 2.24) is 0 Å². The maximum absolute atomic E-state index is 6.30. The van der Waals surface area contributed by atoms with E-state index in [9.17, 15) is 0 Å². The van der Waals surface area contributed by atoms with E-state index in [0.717, 1.165) is 0 Å². The van der Waals surface area contributed by atoms with E-state index in [1.807, 2.05) is 7.11 Å². The fourth-order valence-corrected chi connectivity index (χ4v) is 7.88. The average molecular weight is 357 g/mol. The molecule has 0 aromatic carbocycles. The first kappa shape index (κ1) is 24.2.